The third kappa shape index (κ3) is 5.03. The van der Waals surface area contributed by atoms with Crippen molar-refractivity contribution in [1.82, 2.24) is 15.5 Å². The molecule has 0 unspecified atom stereocenters. The highest BCUT2D eigenvalue weighted by molar-refractivity contribution is 5.89. The number of urea groups is 1. The standard InChI is InChI=1S/C18H24N4O3/c1-2-3-5-13-7-9-14(10-8-13)20-18(23)19-12-16-21-17(25-22-16)15-6-4-11-24-15/h7-10,15H,2-6,11-12H2,1H3,(H2,19,20,23)/t15-/m0/s1. The molecule has 1 aliphatic heterocycles. The van der Waals surface area contributed by atoms with E-state index in [1.807, 2.05) is 24.3 Å². The molecule has 2 amide bonds. The Morgan fingerprint density at radius 1 is 1.32 bits per heavy atom. The van der Waals surface area contributed by atoms with E-state index in [-0.39, 0.29) is 18.7 Å². The Morgan fingerprint density at radius 2 is 2.16 bits per heavy atom. The molecule has 25 heavy (non-hydrogen) atoms. The third-order valence-electron chi connectivity index (χ3n) is 4.13. The Hall–Kier alpha value is -2.41. The number of ether oxygens (including phenoxy) is 1. The van der Waals surface area contributed by atoms with Gasteiger partial charge in [-0.2, -0.15) is 4.98 Å². The molecule has 3 rings (SSSR count). The zero-order valence-corrected chi connectivity index (χ0v) is 14.5. The fourth-order valence-electron chi connectivity index (χ4n) is 2.71. The summed E-state index contributed by atoms with van der Waals surface area (Å²) in [6.07, 6.45) is 5.19. The van der Waals surface area contributed by atoms with Gasteiger partial charge in [-0.05, 0) is 43.4 Å². The largest absolute Gasteiger partial charge is 0.368 e. The summed E-state index contributed by atoms with van der Waals surface area (Å²) in [7, 11) is 0. The number of unbranched alkanes of at least 4 members (excludes halogenated alkanes) is 1. The van der Waals surface area contributed by atoms with Crippen molar-refractivity contribution in [3.05, 3.63) is 41.5 Å². The number of hydrogen-bond acceptors (Lipinski definition) is 5. The molecule has 0 spiro atoms. The summed E-state index contributed by atoms with van der Waals surface area (Å²) in [4.78, 5) is 16.2. The summed E-state index contributed by atoms with van der Waals surface area (Å²) in [6.45, 7) is 3.10. The number of aryl methyl sites for hydroxylation is 1. The van der Waals surface area contributed by atoms with E-state index in [9.17, 15) is 4.79 Å². The van der Waals surface area contributed by atoms with Crippen LogP contribution in [0.2, 0.25) is 0 Å². The van der Waals surface area contributed by atoms with Crippen LogP contribution >= 0.6 is 0 Å². The van der Waals surface area contributed by atoms with Crippen LogP contribution in [0, 0.1) is 0 Å². The first kappa shape index (κ1) is 17.4. The molecule has 1 atom stereocenters. The second kappa shape index (κ2) is 8.62. The second-order valence-electron chi connectivity index (χ2n) is 6.16. The van der Waals surface area contributed by atoms with Crippen molar-refractivity contribution in [2.75, 3.05) is 11.9 Å². The molecule has 1 fully saturated rings. The van der Waals surface area contributed by atoms with Crippen LogP contribution in [0.1, 0.15) is 56.0 Å². The summed E-state index contributed by atoms with van der Waals surface area (Å²) in [5, 5.41) is 9.39. The predicted molar refractivity (Wildman–Crippen MR) is 93.1 cm³/mol. The molecule has 1 saturated heterocycles. The molecule has 7 heteroatoms. The van der Waals surface area contributed by atoms with Crippen LogP contribution in [0.3, 0.4) is 0 Å². The highest BCUT2D eigenvalue weighted by Gasteiger charge is 2.23. The van der Waals surface area contributed by atoms with E-state index in [0.29, 0.717) is 11.7 Å². The van der Waals surface area contributed by atoms with Crippen LogP contribution < -0.4 is 10.6 Å². The summed E-state index contributed by atoms with van der Waals surface area (Å²) in [5.41, 5.74) is 2.03. The molecule has 0 aliphatic carbocycles. The lowest BCUT2D eigenvalue weighted by molar-refractivity contribution is 0.0835. The van der Waals surface area contributed by atoms with Crippen LogP contribution in [0.4, 0.5) is 10.5 Å². The van der Waals surface area contributed by atoms with Crippen LogP contribution in [0.25, 0.3) is 0 Å². The monoisotopic (exact) mass is 344 g/mol. The van der Waals surface area contributed by atoms with Crippen LogP contribution in [-0.4, -0.2) is 22.8 Å². The number of aromatic nitrogens is 2. The fraction of sp³-hybridized carbons (Fsp3) is 0.500. The number of amides is 2. The number of nitrogens with zero attached hydrogens (tertiary/aromatic N) is 2. The molecule has 1 aliphatic rings. The van der Waals surface area contributed by atoms with Gasteiger partial charge >= 0.3 is 6.03 Å². The first-order valence-corrected chi connectivity index (χ1v) is 8.82. The minimum atomic E-state index is -0.301. The first-order valence-electron chi connectivity index (χ1n) is 8.82. The maximum Gasteiger partial charge on any atom is 0.319 e. The van der Waals surface area contributed by atoms with Crippen molar-refractivity contribution in [3.8, 4) is 0 Å². The smallest absolute Gasteiger partial charge is 0.319 e. The Kier molecular flexibility index (Phi) is 6.00. The van der Waals surface area contributed by atoms with Crippen LogP contribution in [-0.2, 0) is 17.7 Å². The third-order valence-corrected chi connectivity index (χ3v) is 4.13. The number of benzene rings is 1. The van der Waals surface area contributed by atoms with Crippen molar-refractivity contribution >= 4 is 11.7 Å². The van der Waals surface area contributed by atoms with E-state index in [1.54, 1.807) is 0 Å². The molecule has 1 aromatic carbocycles. The molecule has 2 aromatic rings. The predicted octanol–water partition coefficient (Wildman–Crippen LogP) is 3.59. The van der Waals surface area contributed by atoms with Gasteiger partial charge in [-0.15, -0.1) is 0 Å². The molecule has 0 bridgehead atoms. The summed E-state index contributed by atoms with van der Waals surface area (Å²) < 4.78 is 10.7. The summed E-state index contributed by atoms with van der Waals surface area (Å²) in [6, 6.07) is 7.60. The van der Waals surface area contributed by atoms with Gasteiger partial charge in [-0.1, -0.05) is 30.6 Å². The van der Waals surface area contributed by atoms with Gasteiger partial charge in [0.25, 0.3) is 5.89 Å². The number of carbonyl (C=O) groups is 1. The summed E-state index contributed by atoms with van der Waals surface area (Å²) in [5.74, 6) is 0.924. The molecular weight excluding hydrogens is 320 g/mol. The maximum absolute atomic E-state index is 12.0. The molecule has 134 valence electrons. The van der Waals surface area contributed by atoms with Gasteiger partial charge in [0.15, 0.2) is 5.82 Å². The molecule has 1 aromatic heterocycles. The van der Waals surface area contributed by atoms with Crippen molar-refractivity contribution < 1.29 is 14.1 Å². The van der Waals surface area contributed by atoms with E-state index in [1.165, 1.54) is 18.4 Å². The Morgan fingerprint density at radius 3 is 2.88 bits per heavy atom. The highest BCUT2D eigenvalue weighted by Crippen LogP contribution is 2.26. The van der Waals surface area contributed by atoms with Crippen molar-refractivity contribution in [2.24, 2.45) is 0 Å². The van der Waals surface area contributed by atoms with Gasteiger partial charge in [-0.25, -0.2) is 4.79 Å². The number of anilines is 1. The van der Waals surface area contributed by atoms with E-state index >= 15 is 0 Å². The maximum atomic E-state index is 12.0. The van der Waals surface area contributed by atoms with E-state index in [0.717, 1.165) is 31.6 Å². The SMILES string of the molecule is CCCCc1ccc(NC(=O)NCc2noc([C@@H]3CCCO3)n2)cc1. The molecule has 0 saturated carbocycles. The number of nitrogens with one attached hydrogen (secondary N) is 2. The average Bonchev–Trinajstić information content (AvgIpc) is 3.30. The fourth-order valence-corrected chi connectivity index (χ4v) is 2.71. The Bertz CT molecular complexity index is 678. The van der Waals surface area contributed by atoms with Crippen LogP contribution in [0.15, 0.2) is 28.8 Å². The van der Waals surface area contributed by atoms with Crippen molar-refractivity contribution in [1.29, 1.82) is 0 Å². The topological polar surface area (TPSA) is 89.3 Å². The van der Waals surface area contributed by atoms with Gasteiger partial charge in [0.2, 0.25) is 0 Å². The van der Waals surface area contributed by atoms with Gasteiger partial charge < -0.3 is 19.9 Å². The normalized spacial score (nSPS) is 16.8. The molecule has 2 N–H and O–H groups in total. The van der Waals surface area contributed by atoms with E-state index in [2.05, 4.69) is 27.7 Å². The lowest BCUT2D eigenvalue weighted by Gasteiger charge is -2.07. The van der Waals surface area contributed by atoms with Gasteiger partial charge in [0.05, 0.1) is 6.54 Å². The average molecular weight is 344 g/mol. The Labute approximate surface area is 147 Å². The molecule has 0 radical (unpaired) electrons. The molecular formula is C18H24N4O3. The minimum Gasteiger partial charge on any atom is -0.368 e. The zero-order chi connectivity index (χ0) is 17.5. The minimum absolute atomic E-state index is 0.110. The first-order chi connectivity index (χ1) is 12.2. The highest BCUT2D eigenvalue weighted by atomic mass is 16.5. The zero-order valence-electron chi connectivity index (χ0n) is 14.5. The lowest BCUT2D eigenvalue weighted by atomic mass is 10.1. The quantitative estimate of drug-likeness (QED) is 0.801. The van der Waals surface area contributed by atoms with Gasteiger partial charge in [0.1, 0.15) is 6.10 Å². The van der Waals surface area contributed by atoms with E-state index in [4.69, 9.17) is 9.26 Å². The molecule has 7 nitrogen and oxygen atoms in total. The van der Waals surface area contributed by atoms with Crippen molar-refractivity contribution in [2.45, 2.75) is 51.7 Å². The Balaban J connectivity index is 1.44. The molecule has 2 heterocycles. The second-order valence-corrected chi connectivity index (χ2v) is 6.16. The number of hydrogen-bond donors (Lipinski definition) is 2. The summed E-state index contributed by atoms with van der Waals surface area (Å²) >= 11 is 0. The van der Waals surface area contributed by atoms with Crippen LogP contribution in [0.5, 0.6) is 0 Å². The van der Waals surface area contributed by atoms with Crippen molar-refractivity contribution in [3.63, 3.8) is 0 Å². The van der Waals surface area contributed by atoms with Gasteiger partial charge in [0, 0.05) is 12.3 Å². The van der Waals surface area contributed by atoms with Gasteiger partial charge in [-0.3, -0.25) is 0 Å². The number of carbonyl (C=O) groups excluding carboxylic acids is 1. The lowest BCUT2D eigenvalue weighted by Crippen LogP contribution is -2.28. The number of rotatable bonds is 7. The van der Waals surface area contributed by atoms with E-state index < -0.39 is 0 Å².